The number of carboxylic acid groups (broad SMARTS) is 1. The molecule has 5 nitrogen and oxygen atoms in total. The van der Waals surface area contributed by atoms with Gasteiger partial charge in [0.1, 0.15) is 5.78 Å². The van der Waals surface area contributed by atoms with E-state index < -0.39 is 18.2 Å². The van der Waals surface area contributed by atoms with Crippen molar-refractivity contribution < 1.29 is 24.9 Å². The lowest BCUT2D eigenvalue weighted by molar-refractivity contribution is -0.133. The van der Waals surface area contributed by atoms with Crippen LogP contribution in [0.4, 0.5) is 0 Å². The first-order chi connectivity index (χ1) is 13.4. The van der Waals surface area contributed by atoms with Gasteiger partial charge in [-0.3, -0.25) is 9.59 Å². The number of benzene rings is 1. The molecule has 0 heterocycles. The van der Waals surface area contributed by atoms with E-state index in [1.54, 1.807) is 12.2 Å². The molecule has 0 amide bonds. The number of thioether (sulfide) groups is 2. The zero-order valence-corrected chi connectivity index (χ0v) is 17.6. The van der Waals surface area contributed by atoms with Gasteiger partial charge < -0.3 is 15.3 Å². The molecular weight excluding hydrogens is 396 g/mol. The molecule has 0 aromatic heterocycles. The van der Waals surface area contributed by atoms with Crippen LogP contribution in [-0.2, 0) is 16.0 Å². The van der Waals surface area contributed by atoms with Crippen LogP contribution in [0.25, 0.3) is 0 Å². The molecule has 3 N–H and O–H groups in total. The predicted octanol–water partition coefficient (Wildman–Crippen LogP) is 2.71. The summed E-state index contributed by atoms with van der Waals surface area (Å²) in [4.78, 5) is 22.7. The summed E-state index contributed by atoms with van der Waals surface area (Å²) in [6.07, 6.45) is 3.54. The minimum Gasteiger partial charge on any atom is -0.481 e. The number of aryl methyl sites for hydroxylation is 1. The van der Waals surface area contributed by atoms with Crippen molar-refractivity contribution in [3.8, 4) is 0 Å². The third kappa shape index (κ3) is 7.62. The maximum atomic E-state index is 12.2. The van der Waals surface area contributed by atoms with Gasteiger partial charge in [0.25, 0.3) is 0 Å². The summed E-state index contributed by atoms with van der Waals surface area (Å²) < 4.78 is 0. The fraction of sp³-hybridized carbons (Fsp3) is 0.524. The highest BCUT2D eigenvalue weighted by Gasteiger charge is 2.40. The molecule has 28 heavy (non-hydrogen) atoms. The van der Waals surface area contributed by atoms with Crippen molar-refractivity contribution in [1.29, 1.82) is 0 Å². The molecule has 4 atom stereocenters. The van der Waals surface area contributed by atoms with E-state index in [2.05, 4.69) is 0 Å². The van der Waals surface area contributed by atoms with E-state index in [0.29, 0.717) is 6.42 Å². The first-order valence-corrected chi connectivity index (χ1v) is 11.6. The molecule has 1 saturated carbocycles. The van der Waals surface area contributed by atoms with Gasteiger partial charge in [0.2, 0.25) is 0 Å². The number of hydrogen-bond acceptors (Lipinski definition) is 6. The number of Topliss-reactive ketones (excluding diaryl/α,β-unsaturated/α-hetero) is 1. The van der Waals surface area contributed by atoms with Gasteiger partial charge in [-0.2, -0.15) is 11.8 Å². The highest BCUT2D eigenvalue weighted by atomic mass is 32.2. The first-order valence-electron chi connectivity index (χ1n) is 9.40. The Morgan fingerprint density at radius 2 is 2.00 bits per heavy atom. The number of hydrogen-bond donors (Lipinski definition) is 3. The predicted molar refractivity (Wildman–Crippen MR) is 115 cm³/mol. The number of aliphatic hydroxyl groups is 2. The van der Waals surface area contributed by atoms with Crippen LogP contribution < -0.4 is 0 Å². The van der Waals surface area contributed by atoms with Gasteiger partial charge in [0.05, 0.1) is 23.2 Å². The van der Waals surface area contributed by atoms with Gasteiger partial charge in [-0.1, -0.05) is 42.0 Å². The quantitative estimate of drug-likeness (QED) is 0.371. The van der Waals surface area contributed by atoms with E-state index in [1.165, 1.54) is 29.1 Å². The Morgan fingerprint density at radius 1 is 1.29 bits per heavy atom. The van der Waals surface area contributed by atoms with Crippen molar-refractivity contribution in [3.05, 3.63) is 47.5 Å². The molecule has 0 spiro atoms. The Kier molecular flexibility index (Phi) is 9.58. The summed E-state index contributed by atoms with van der Waals surface area (Å²) in [6, 6.07) is 7.99. The number of aliphatic hydroxyl groups excluding tert-OH is 2. The molecule has 0 radical (unpaired) electrons. The van der Waals surface area contributed by atoms with Crippen molar-refractivity contribution in [2.75, 3.05) is 17.3 Å². The Labute approximate surface area is 174 Å². The van der Waals surface area contributed by atoms with E-state index in [1.807, 2.05) is 31.2 Å². The highest BCUT2D eigenvalue weighted by molar-refractivity contribution is 8.01. The molecule has 1 aromatic rings. The maximum Gasteiger partial charge on any atom is 0.313 e. The minimum atomic E-state index is -0.818. The second kappa shape index (κ2) is 11.7. The molecule has 1 unspecified atom stereocenters. The van der Waals surface area contributed by atoms with Crippen molar-refractivity contribution in [3.63, 3.8) is 0 Å². The third-order valence-electron chi connectivity index (χ3n) is 4.60. The monoisotopic (exact) mass is 424 g/mol. The topological polar surface area (TPSA) is 94.8 Å². The molecule has 2 rings (SSSR count). The standard InChI is InChI=1S/C21H28O5S2/c1-14-3-5-15(6-4-14)11-16(22)7-8-17-18(23)12-19(24)21(17)28-10-2-9-27-13-20(25)26/h3-8,16-18,21-23H,2,9-13H2,1H3,(H,25,26)/b8-7+/t16?,17-,18+,21+/m0/s1. The molecule has 1 aliphatic rings. The van der Waals surface area contributed by atoms with Crippen molar-refractivity contribution in [2.45, 2.75) is 43.6 Å². The lowest BCUT2D eigenvalue weighted by atomic mass is 10.0. The Bertz CT molecular complexity index is 674. The fourth-order valence-corrected chi connectivity index (χ4v) is 5.32. The molecular formula is C21H28O5S2. The molecule has 0 bridgehead atoms. The number of ketones is 1. The van der Waals surface area contributed by atoms with Crippen molar-refractivity contribution in [1.82, 2.24) is 0 Å². The van der Waals surface area contributed by atoms with Gasteiger partial charge in [-0.05, 0) is 30.4 Å². The van der Waals surface area contributed by atoms with Gasteiger partial charge >= 0.3 is 5.97 Å². The highest BCUT2D eigenvalue weighted by Crippen LogP contribution is 2.34. The SMILES string of the molecule is Cc1ccc(CC(O)/C=C/[C@H]2[C@H](O)CC(=O)[C@@H]2SCCCSCC(=O)O)cc1. The minimum absolute atomic E-state index is 0.0402. The summed E-state index contributed by atoms with van der Waals surface area (Å²) in [6.45, 7) is 2.02. The van der Waals surface area contributed by atoms with Gasteiger partial charge in [-0.25, -0.2) is 0 Å². The number of aliphatic carboxylic acids is 1. The molecule has 0 aliphatic heterocycles. The average Bonchev–Trinajstić information content (AvgIpc) is 2.91. The van der Waals surface area contributed by atoms with Gasteiger partial charge in [0, 0.05) is 18.8 Å². The maximum absolute atomic E-state index is 12.2. The number of carboxylic acids is 1. The summed E-state index contributed by atoms with van der Waals surface area (Å²) in [7, 11) is 0. The van der Waals surface area contributed by atoms with Gasteiger partial charge in [0.15, 0.2) is 0 Å². The summed E-state index contributed by atoms with van der Waals surface area (Å²) in [5.74, 6) is 0.497. The van der Waals surface area contributed by atoms with Crippen molar-refractivity contribution in [2.24, 2.45) is 5.92 Å². The second-order valence-corrected chi connectivity index (χ2v) is 9.40. The van der Waals surface area contributed by atoms with Crippen LogP contribution in [0.15, 0.2) is 36.4 Å². The lowest BCUT2D eigenvalue weighted by Gasteiger charge is -2.17. The zero-order valence-electron chi connectivity index (χ0n) is 16.0. The number of rotatable bonds is 11. The van der Waals surface area contributed by atoms with E-state index in [9.17, 15) is 19.8 Å². The van der Waals surface area contributed by atoms with Crippen LogP contribution in [0.2, 0.25) is 0 Å². The molecule has 154 valence electrons. The van der Waals surface area contributed by atoms with Crippen LogP contribution in [0, 0.1) is 12.8 Å². The summed E-state index contributed by atoms with van der Waals surface area (Å²) in [5.41, 5.74) is 2.21. The molecule has 0 saturated heterocycles. The van der Waals surface area contributed by atoms with E-state index in [4.69, 9.17) is 5.11 Å². The Hall–Kier alpha value is -1.28. The van der Waals surface area contributed by atoms with E-state index in [0.717, 1.165) is 23.5 Å². The number of carbonyl (C=O) groups is 2. The zero-order chi connectivity index (χ0) is 20.5. The molecule has 7 heteroatoms. The summed E-state index contributed by atoms with van der Waals surface area (Å²) in [5, 5.41) is 28.8. The Morgan fingerprint density at radius 3 is 2.68 bits per heavy atom. The van der Waals surface area contributed by atoms with Crippen LogP contribution in [-0.4, -0.2) is 61.8 Å². The number of carbonyl (C=O) groups excluding carboxylic acids is 1. The normalized spacial score (nSPS) is 23.4. The smallest absolute Gasteiger partial charge is 0.313 e. The first kappa shape index (κ1) is 23.0. The second-order valence-electron chi connectivity index (χ2n) is 7.05. The Balaban J connectivity index is 1.82. The van der Waals surface area contributed by atoms with Crippen LogP contribution in [0.3, 0.4) is 0 Å². The van der Waals surface area contributed by atoms with Crippen LogP contribution >= 0.6 is 23.5 Å². The van der Waals surface area contributed by atoms with E-state index >= 15 is 0 Å². The molecule has 1 aliphatic carbocycles. The van der Waals surface area contributed by atoms with Crippen molar-refractivity contribution >= 4 is 35.3 Å². The van der Waals surface area contributed by atoms with E-state index in [-0.39, 0.29) is 29.1 Å². The molecule has 1 fully saturated rings. The average molecular weight is 425 g/mol. The van der Waals surface area contributed by atoms with Gasteiger partial charge in [-0.15, -0.1) is 11.8 Å². The van der Waals surface area contributed by atoms with Crippen LogP contribution in [0.5, 0.6) is 0 Å². The fourth-order valence-electron chi connectivity index (χ4n) is 3.13. The lowest BCUT2D eigenvalue weighted by Crippen LogP contribution is -2.22. The third-order valence-corrected chi connectivity index (χ3v) is 7.09. The molecule has 1 aromatic carbocycles. The summed E-state index contributed by atoms with van der Waals surface area (Å²) >= 11 is 2.88. The van der Waals surface area contributed by atoms with Crippen LogP contribution in [0.1, 0.15) is 24.0 Å². The largest absolute Gasteiger partial charge is 0.481 e.